The van der Waals surface area contributed by atoms with E-state index in [2.05, 4.69) is 10.6 Å². The molecule has 1 amide bonds. The van der Waals surface area contributed by atoms with Gasteiger partial charge >= 0.3 is 0 Å². The molecule has 5 heteroatoms. The van der Waals surface area contributed by atoms with E-state index in [0.29, 0.717) is 22.3 Å². The molecular weight excluding hydrogens is 307 g/mol. The van der Waals surface area contributed by atoms with E-state index in [0.717, 1.165) is 5.56 Å². The number of hydrogen-bond donors (Lipinski definition) is 2. The molecule has 0 atom stereocenters. The molecule has 0 bridgehead atoms. The van der Waals surface area contributed by atoms with E-state index in [-0.39, 0.29) is 12.5 Å². The topological polar surface area (TPSA) is 41.1 Å². The molecule has 0 heterocycles. The molecule has 2 aromatic rings. The van der Waals surface area contributed by atoms with Crippen molar-refractivity contribution in [1.82, 2.24) is 5.32 Å². The average Bonchev–Trinajstić information content (AvgIpc) is 2.47. The maximum Gasteiger partial charge on any atom is 0.239 e. The molecule has 3 nitrogen and oxygen atoms in total. The molecule has 2 N–H and O–H groups in total. The lowest BCUT2D eigenvalue weighted by molar-refractivity contribution is -0.119. The van der Waals surface area contributed by atoms with Crippen molar-refractivity contribution in [3.63, 3.8) is 0 Å². The largest absolute Gasteiger partial charge is 0.375 e. The fraction of sp³-hybridized carbons (Fsp3) is 0.188. The predicted molar refractivity (Wildman–Crippen MR) is 88.0 cm³/mol. The van der Waals surface area contributed by atoms with Gasteiger partial charge in [0.2, 0.25) is 5.91 Å². The minimum atomic E-state index is -0.105. The van der Waals surface area contributed by atoms with Crippen molar-refractivity contribution in [3.8, 4) is 0 Å². The molecule has 0 saturated heterocycles. The quantitative estimate of drug-likeness (QED) is 0.872. The maximum absolute atomic E-state index is 11.8. The summed E-state index contributed by atoms with van der Waals surface area (Å²) in [7, 11) is 0. The fourth-order valence-corrected chi connectivity index (χ4v) is 2.13. The monoisotopic (exact) mass is 322 g/mol. The van der Waals surface area contributed by atoms with E-state index in [1.165, 1.54) is 5.56 Å². The van der Waals surface area contributed by atoms with E-state index in [1.54, 1.807) is 18.2 Å². The highest BCUT2D eigenvalue weighted by molar-refractivity contribution is 6.35. The van der Waals surface area contributed by atoms with Crippen LogP contribution in [0.4, 0.5) is 5.69 Å². The summed E-state index contributed by atoms with van der Waals surface area (Å²) in [6.45, 7) is 2.68. The highest BCUT2D eigenvalue weighted by Crippen LogP contribution is 2.24. The normalized spacial score (nSPS) is 10.2. The van der Waals surface area contributed by atoms with Crippen LogP contribution in [0.3, 0.4) is 0 Å². The van der Waals surface area contributed by atoms with Gasteiger partial charge in [0.05, 0.1) is 17.3 Å². The number of carbonyl (C=O) groups is 1. The highest BCUT2D eigenvalue weighted by atomic mass is 35.5. The van der Waals surface area contributed by atoms with Crippen molar-refractivity contribution in [2.75, 3.05) is 11.9 Å². The van der Waals surface area contributed by atoms with E-state index >= 15 is 0 Å². The molecule has 0 aliphatic heterocycles. The van der Waals surface area contributed by atoms with Crippen molar-refractivity contribution >= 4 is 34.8 Å². The van der Waals surface area contributed by atoms with Gasteiger partial charge in [-0.15, -0.1) is 0 Å². The van der Waals surface area contributed by atoms with Crippen LogP contribution in [0.1, 0.15) is 11.1 Å². The van der Waals surface area contributed by atoms with Crippen molar-refractivity contribution in [2.24, 2.45) is 0 Å². The second-order valence-electron chi connectivity index (χ2n) is 4.74. The van der Waals surface area contributed by atoms with Gasteiger partial charge in [-0.2, -0.15) is 0 Å². The van der Waals surface area contributed by atoms with Gasteiger partial charge in [-0.1, -0.05) is 53.0 Å². The summed E-state index contributed by atoms with van der Waals surface area (Å²) in [5, 5.41) is 6.92. The van der Waals surface area contributed by atoms with Gasteiger partial charge in [0.1, 0.15) is 0 Å². The summed E-state index contributed by atoms with van der Waals surface area (Å²) >= 11 is 11.9. The zero-order valence-electron chi connectivity index (χ0n) is 11.6. The third-order valence-electron chi connectivity index (χ3n) is 2.98. The molecule has 21 heavy (non-hydrogen) atoms. The Morgan fingerprint density at radius 2 is 1.81 bits per heavy atom. The first-order valence-corrected chi connectivity index (χ1v) is 7.31. The minimum absolute atomic E-state index is 0.105. The molecule has 0 aliphatic rings. The lowest BCUT2D eigenvalue weighted by Crippen LogP contribution is -2.29. The number of aryl methyl sites for hydroxylation is 1. The molecule has 0 spiro atoms. The standard InChI is InChI=1S/C16H16Cl2N2O/c1-11-2-4-12(5-3-11)9-20-16(21)10-19-15-8-13(17)6-7-14(15)18/h2-8,19H,9-10H2,1H3,(H,20,21). The molecule has 0 aromatic heterocycles. The van der Waals surface area contributed by atoms with Gasteiger partial charge in [0.25, 0.3) is 0 Å². The Morgan fingerprint density at radius 1 is 1.10 bits per heavy atom. The first-order valence-electron chi connectivity index (χ1n) is 6.56. The van der Waals surface area contributed by atoms with Crippen LogP contribution >= 0.6 is 23.2 Å². The number of rotatable bonds is 5. The molecule has 110 valence electrons. The molecule has 0 radical (unpaired) electrons. The van der Waals surface area contributed by atoms with Crippen LogP contribution in [-0.2, 0) is 11.3 Å². The smallest absolute Gasteiger partial charge is 0.239 e. The molecule has 0 unspecified atom stereocenters. The van der Waals surface area contributed by atoms with Crippen molar-refractivity contribution in [3.05, 3.63) is 63.6 Å². The minimum Gasteiger partial charge on any atom is -0.375 e. The Hall–Kier alpha value is -1.71. The Morgan fingerprint density at radius 3 is 2.52 bits per heavy atom. The molecule has 0 saturated carbocycles. The van der Waals surface area contributed by atoms with E-state index in [4.69, 9.17) is 23.2 Å². The number of carbonyl (C=O) groups excluding carboxylic acids is 1. The summed E-state index contributed by atoms with van der Waals surface area (Å²) in [5.41, 5.74) is 2.91. The van der Waals surface area contributed by atoms with E-state index in [1.807, 2.05) is 31.2 Å². The number of hydrogen-bond acceptors (Lipinski definition) is 2. The molecule has 2 rings (SSSR count). The Balaban J connectivity index is 1.82. The fourth-order valence-electron chi connectivity index (χ4n) is 1.78. The average molecular weight is 323 g/mol. The number of halogens is 2. The highest BCUT2D eigenvalue weighted by Gasteiger charge is 2.04. The van der Waals surface area contributed by atoms with Gasteiger partial charge < -0.3 is 10.6 Å². The zero-order chi connectivity index (χ0) is 15.2. The first kappa shape index (κ1) is 15.7. The summed E-state index contributed by atoms with van der Waals surface area (Å²) in [4.78, 5) is 11.8. The van der Waals surface area contributed by atoms with Gasteiger partial charge in [0.15, 0.2) is 0 Å². The van der Waals surface area contributed by atoms with Gasteiger partial charge in [-0.05, 0) is 30.7 Å². The molecular formula is C16H16Cl2N2O. The van der Waals surface area contributed by atoms with Crippen LogP contribution in [0, 0.1) is 6.92 Å². The Kier molecular flexibility index (Phi) is 5.48. The van der Waals surface area contributed by atoms with Crippen LogP contribution in [0.5, 0.6) is 0 Å². The van der Waals surface area contributed by atoms with Gasteiger partial charge in [0, 0.05) is 11.6 Å². The first-order chi connectivity index (χ1) is 10.0. The maximum atomic E-state index is 11.8. The van der Waals surface area contributed by atoms with Crippen LogP contribution in [0.2, 0.25) is 10.0 Å². The second-order valence-corrected chi connectivity index (χ2v) is 5.58. The number of anilines is 1. The second kappa shape index (κ2) is 7.34. The molecule has 0 fully saturated rings. The number of amides is 1. The van der Waals surface area contributed by atoms with Crippen LogP contribution in [0.15, 0.2) is 42.5 Å². The third kappa shape index (κ3) is 4.96. The third-order valence-corrected chi connectivity index (χ3v) is 3.54. The Bertz CT molecular complexity index is 627. The van der Waals surface area contributed by atoms with Crippen molar-refractivity contribution in [2.45, 2.75) is 13.5 Å². The van der Waals surface area contributed by atoms with Gasteiger partial charge in [-0.3, -0.25) is 4.79 Å². The Labute approximate surface area is 134 Å². The lowest BCUT2D eigenvalue weighted by Gasteiger charge is -2.09. The lowest BCUT2D eigenvalue weighted by atomic mass is 10.1. The van der Waals surface area contributed by atoms with Crippen molar-refractivity contribution in [1.29, 1.82) is 0 Å². The SMILES string of the molecule is Cc1ccc(CNC(=O)CNc2cc(Cl)ccc2Cl)cc1. The van der Waals surface area contributed by atoms with Crippen molar-refractivity contribution < 1.29 is 4.79 Å². The van der Waals surface area contributed by atoms with E-state index < -0.39 is 0 Å². The summed E-state index contributed by atoms with van der Waals surface area (Å²) in [5.74, 6) is -0.105. The summed E-state index contributed by atoms with van der Waals surface area (Å²) < 4.78 is 0. The summed E-state index contributed by atoms with van der Waals surface area (Å²) in [6.07, 6.45) is 0. The van der Waals surface area contributed by atoms with Crippen LogP contribution in [-0.4, -0.2) is 12.5 Å². The van der Waals surface area contributed by atoms with Gasteiger partial charge in [-0.25, -0.2) is 0 Å². The van der Waals surface area contributed by atoms with E-state index in [9.17, 15) is 4.79 Å². The van der Waals surface area contributed by atoms with Crippen LogP contribution < -0.4 is 10.6 Å². The number of nitrogens with one attached hydrogen (secondary N) is 2. The molecule has 0 aliphatic carbocycles. The zero-order valence-corrected chi connectivity index (χ0v) is 13.1. The molecule has 2 aromatic carbocycles. The van der Waals surface area contributed by atoms with Crippen LogP contribution in [0.25, 0.3) is 0 Å². The number of benzene rings is 2. The summed E-state index contributed by atoms with van der Waals surface area (Å²) in [6, 6.07) is 13.1. The predicted octanol–water partition coefficient (Wildman–Crippen LogP) is 4.03.